The number of fused-ring (bicyclic) bond motifs is 1. The summed E-state index contributed by atoms with van der Waals surface area (Å²) in [7, 11) is 3.12. The number of esters is 1. The van der Waals surface area contributed by atoms with Crippen LogP contribution in [0.4, 0.5) is 10.2 Å². The van der Waals surface area contributed by atoms with Gasteiger partial charge in [0.2, 0.25) is 0 Å². The van der Waals surface area contributed by atoms with Crippen molar-refractivity contribution in [3.8, 4) is 0 Å². The molecule has 1 aromatic heterocycles. The van der Waals surface area contributed by atoms with E-state index in [1.165, 1.54) is 18.7 Å². The normalized spacial score (nSPS) is 14.2. The van der Waals surface area contributed by atoms with Crippen molar-refractivity contribution in [1.82, 2.24) is 20.0 Å². The van der Waals surface area contributed by atoms with Crippen molar-refractivity contribution in [2.45, 2.75) is 26.9 Å². The maximum atomic E-state index is 14.5. The second-order valence-corrected chi connectivity index (χ2v) is 7.44. The second kappa shape index (κ2) is 12.8. The first kappa shape index (κ1) is 26.1. The van der Waals surface area contributed by atoms with Gasteiger partial charge in [0.25, 0.3) is 5.91 Å². The summed E-state index contributed by atoms with van der Waals surface area (Å²) < 4.78 is 20.7. The summed E-state index contributed by atoms with van der Waals surface area (Å²) in [4.78, 5) is 25.8. The SMILES string of the molecule is C/C=C/Cl.C/C=C1\CN(C(=O)c2ccc(CNCC(=O)OC)c(F)c2)Cc2cnn(C)c2N1. The predicted octanol–water partition coefficient (Wildman–Crippen LogP) is 3.55. The summed E-state index contributed by atoms with van der Waals surface area (Å²) in [5, 5.41) is 10.3. The molecule has 0 unspecified atom stereocenters. The standard InChI is InChI=1S/C20H24FN5O3.C3H5Cl/c1-4-16-12-26(11-15-9-23-25(2)19(15)24-16)20(28)13-5-6-14(17(21)7-13)8-22-10-18(27)29-3;1-2-3-4/h4-7,9,22,24H,8,10-12H2,1-3H3;2-3H,1H3/b16-4+;3-2+. The molecule has 0 atom stereocenters. The fourth-order valence-electron chi connectivity index (χ4n) is 3.10. The summed E-state index contributed by atoms with van der Waals surface area (Å²) in [5.74, 6) is -0.363. The molecule has 0 bridgehead atoms. The number of halogens is 2. The third-order valence-electron chi connectivity index (χ3n) is 4.89. The number of ether oxygens (including phenoxy) is 1. The van der Waals surface area contributed by atoms with Crippen LogP contribution in [-0.2, 0) is 29.7 Å². The first-order valence-electron chi connectivity index (χ1n) is 10.3. The second-order valence-electron chi connectivity index (χ2n) is 7.19. The number of nitrogens with one attached hydrogen (secondary N) is 2. The summed E-state index contributed by atoms with van der Waals surface area (Å²) in [6, 6.07) is 4.38. The van der Waals surface area contributed by atoms with Gasteiger partial charge in [-0.25, -0.2) is 4.39 Å². The number of rotatable bonds is 5. The molecule has 2 N–H and O–H groups in total. The lowest BCUT2D eigenvalue weighted by atomic mass is 10.1. The van der Waals surface area contributed by atoms with Crippen molar-refractivity contribution >= 4 is 29.3 Å². The monoisotopic (exact) mass is 477 g/mol. The Hall–Kier alpha value is -3.17. The molecule has 33 heavy (non-hydrogen) atoms. The lowest BCUT2D eigenvalue weighted by molar-refractivity contribution is -0.139. The molecule has 1 aliphatic heterocycles. The topological polar surface area (TPSA) is 88.5 Å². The molecule has 178 valence electrons. The van der Waals surface area contributed by atoms with E-state index >= 15 is 0 Å². The predicted molar refractivity (Wildman–Crippen MR) is 126 cm³/mol. The Balaban J connectivity index is 0.000000890. The van der Waals surface area contributed by atoms with E-state index in [-0.39, 0.29) is 24.6 Å². The summed E-state index contributed by atoms with van der Waals surface area (Å²) >= 11 is 5.01. The van der Waals surface area contributed by atoms with Gasteiger partial charge in [-0.1, -0.05) is 29.8 Å². The van der Waals surface area contributed by atoms with E-state index in [0.717, 1.165) is 17.1 Å². The number of nitrogens with zero attached hydrogens (tertiary/aromatic N) is 3. The van der Waals surface area contributed by atoms with E-state index in [1.54, 1.807) is 34.0 Å². The van der Waals surface area contributed by atoms with Crippen LogP contribution in [0.1, 0.15) is 35.3 Å². The van der Waals surface area contributed by atoms with E-state index in [2.05, 4.69) is 20.5 Å². The van der Waals surface area contributed by atoms with E-state index in [4.69, 9.17) is 11.6 Å². The van der Waals surface area contributed by atoms with Gasteiger partial charge in [0.1, 0.15) is 11.6 Å². The van der Waals surface area contributed by atoms with Gasteiger partial charge in [-0.05, 0) is 31.5 Å². The molecule has 2 heterocycles. The minimum absolute atomic E-state index is 0.0169. The highest BCUT2D eigenvalue weighted by atomic mass is 35.5. The number of methoxy groups -OCH3 is 1. The van der Waals surface area contributed by atoms with Crippen molar-refractivity contribution in [2.24, 2.45) is 7.05 Å². The Morgan fingerprint density at radius 2 is 2.06 bits per heavy atom. The lowest BCUT2D eigenvalue weighted by Gasteiger charge is -2.21. The molecule has 8 nitrogen and oxygen atoms in total. The Morgan fingerprint density at radius 3 is 2.67 bits per heavy atom. The zero-order valence-corrected chi connectivity index (χ0v) is 19.9. The van der Waals surface area contributed by atoms with Crippen molar-refractivity contribution in [3.63, 3.8) is 0 Å². The number of aromatic nitrogens is 2. The van der Waals surface area contributed by atoms with Gasteiger partial charge in [-0.3, -0.25) is 14.3 Å². The number of benzene rings is 1. The average Bonchev–Trinajstić information content (AvgIpc) is 3.05. The largest absolute Gasteiger partial charge is 0.468 e. The smallest absolute Gasteiger partial charge is 0.319 e. The molecular formula is C23H29ClFN5O3. The average molecular weight is 478 g/mol. The molecule has 0 saturated heterocycles. The van der Waals surface area contributed by atoms with Crippen LogP contribution < -0.4 is 10.6 Å². The van der Waals surface area contributed by atoms with E-state index in [0.29, 0.717) is 18.7 Å². The molecule has 1 aromatic carbocycles. The van der Waals surface area contributed by atoms with Crippen molar-refractivity contribution in [3.05, 3.63) is 70.3 Å². The molecule has 1 aliphatic rings. The fourth-order valence-corrected chi connectivity index (χ4v) is 3.10. The number of carbonyl (C=O) groups is 2. The zero-order valence-electron chi connectivity index (χ0n) is 19.2. The molecule has 0 aliphatic carbocycles. The van der Waals surface area contributed by atoms with Crippen molar-refractivity contribution < 1.29 is 18.7 Å². The molecule has 1 amide bonds. The first-order chi connectivity index (χ1) is 15.8. The number of carbonyl (C=O) groups excluding carboxylic acids is 2. The maximum absolute atomic E-state index is 14.5. The third-order valence-corrected chi connectivity index (χ3v) is 5.14. The Kier molecular flexibility index (Phi) is 10.1. The Morgan fingerprint density at radius 1 is 1.33 bits per heavy atom. The maximum Gasteiger partial charge on any atom is 0.319 e. The fraction of sp³-hybridized carbons (Fsp3) is 0.348. The van der Waals surface area contributed by atoms with Gasteiger partial charge in [-0.15, -0.1) is 0 Å². The minimum atomic E-state index is -0.505. The van der Waals surface area contributed by atoms with Crippen LogP contribution >= 0.6 is 11.6 Å². The van der Waals surface area contributed by atoms with Crippen LogP contribution in [0.3, 0.4) is 0 Å². The van der Waals surface area contributed by atoms with Gasteiger partial charge >= 0.3 is 5.97 Å². The molecular weight excluding hydrogens is 449 g/mol. The van der Waals surface area contributed by atoms with Crippen LogP contribution in [0.25, 0.3) is 0 Å². The van der Waals surface area contributed by atoms with Gasteiger partial charge < -0.3 is 20.3 Å². The number of allylic oxidation sites excluding steroid dienone is 2. The van der Waals surface area contributed by atoms with Crippen LogP contribution in [0.5, 0.6) is 0 Å². The summed E-state index contributed by atoms with van der Waals surface area (Å²) in [6.07, 6.45) is 5.39. The number of amides is 1. The molecule has 2 aromatic rings. The van der Waals surface area contributed by atoms with E-state index < -0.39 is 11.8 Å². The van der Waals surface area contributed by atoms with E-state index in [9.17, 15) is 14.0 Å². The first-order valence-corrected chi connectivity index (χ1v) is 10.8. The van der Waals surface area contributed by atoms with Crippen molar-refractivity contribution in [2.75, 3.05) is 25.5 Å². The molecule has 0 fully saturated rings. The molecule has 0 spiro atoms. The highest BCUT2D eigenvalue weighted by Crippen LogP contribution is 2.24. The molecule has 0 radical (unpaired) electrons. The molecule has 10 heteroatoms. The quantitative estimate of drug-likeness (QED) is 0.640. The van der Waals surface area contributed by atoms with E-state index in [1.807, 2.05) is 27.0 Å². The highest BCUT2D eigenvalue weighted by Gasteiger charge is 2.24. The van der Waals surface area contributed by atoms with Crippen molar-refractivity contribution in [1.29, 1.82) is 0 Å². The molecule has 0 saturated carbocycles. The molecule has 3 rings (SSSR count). The van der Waals surface area contributed by atoms with Crippen LogP contribution in [0, 0.1) is 5.82 Å². The number of aryl methyl sites for hydroxylation is 1. The highest BCUT2D eigenvalue weighted by molar-refractivity contribution is 6.25. The number of hydrogen-bond donors (Lipinski definition) is 2. The van der Waals surface area contributed by atoms with Crippen LogP contribution in [0.15, 0.2) is 47.8 Å². The van der Waals surface area contributed by atoms with Crippen LogP contribution in [-0.4, -0.2) is 46.8 Å². The lowest BCUT2D eigenvalue weighted by Crippen LogP contribution is -2.32. The van der Waals surface area contributed by atoms with Gasteiger partial charge in [0, 0.05) is 36.0 Å². The minimum Gasteiger partial charge on any atom is -0.468 e. The number of anilines is 1. The number of hydrogen-bond acceptors (Lipinski definition) is 6. The van der Waals surface area contributed by atoms with Gasteiger partial charge in [0.15, 0.2) is 0 Å². The summed E-state index contributed by atoms with van der Waals surface area (Å²) in [5.41, 5.74) is 3.86. The zero-order chi connectivity index (χ0) is 24.4. The summed E-state index contributed by atoms with van der Waals surface area (Å²) in [6.45, 7) is 4.65. The Labute approximate surface area is 198 Å². The van der Waals surface area contributed by atoms with Gasteiger partial charge in [0.05, 0.1) is 32.9 Å². The Bertz CT molecular complexity index is 1030. The van der Waals surface area contributed by atoms with Crippen LogP contribution in [0.2, 0.25) is 0 Å². The van der Waals surface area contributed by atoms with Gasteiger partial charge in [-0.2, -0.15) is 5.10 Å². The third kappa shape index (κ3) is 7.16.